The predicted octanol–water partition coefficient (Wildman–Crippen LogP) is -0.102. The molecule has 5 nitrogen and oxygen atoms in total. The number of primary amides is 1. The van der Waals surface area contributed by atoms with Crippen LogP contribution >= 0.6 is 0 Å². The van der Waals surface area contributed by atoms with Crippen molar-refractivity contribution in [1.29, 1.82) is 0 Å². The molecular formula is C8H14N2O3. The SMILES string of the molecule is C=CC(=O)NOCC.C=CC(N)=O. The van der Waals surface area contributed by atoms with Gasteiger partial charge in [-0.3, -0.25) is 14.4 Å². The minimum atomic E-state index is -0.481. The Bertz CT molecular complexity index is 190. The molecule has 2 amide bonds. The zero-order valence-corrected chi connectivity index (χ0v) is 7.58. The summed E-state index contributed by atoms with van der Waals surface area (Å²) < 4.78 is 0. The molecular weight excluding hydrogens is 172 g/mol. The van der Waals surface area contributed by atoms with E-state index in [-0.39, 0.29) is 5.91 Å². The first-order valence-corrected chi connectivity index (χ1v) is 3.54. The van der Waals surface area contributed by atoms with Gasteiger partial charge in [0.1, 0.15) is 0 Å². The number of hydrogen-bond donors (Lipinski definition) is 2. The third kappa shape index (κ3) is 17.9. The molecule has 0 heterocycles. The highest BCUT2D eigenvalue weighted by atomic mass is 16.6. The van der Waals surface area contributed by atoms with E-state index in [2.05, 4.69) is 29.2 Å². The van der Waals surface area contributed by atoms with E-state index in [1.165, 1.54) is 0 Å². The molecule has 0 saturated heterocycles. The Morgan fingerprint density at radius 1 is 1.46 bits per heavy atom. The van der Waals surface area contributed by atoms with Gasteiger partial charge in [0.2, 0.25) is 5.91 Å². The molecule has 0 aromatic carbocycles. The first-order valence-electron chi connectivity index (χ1n) is 3.54. The van der Waals surface area contributed by atoms with Crippen LogP contribution in [0, 0.1) is 0 Å². The van der Waals surface area contributed by atoms with Gasteiger partial charge in [0.15, 0.2) is 0 Å². The molecule has 0 radical (unpaired) electrons. The average molecular weight is 186 g/mol. The summed E-state index contributed by atoms with van der Waals surface area (Å²) in [5, 5.41) is 0. The number of hydrogen-bond acceptors (Lipinski definition) is 3. The van der Waals surface area contributed by atoms with Crippen molar-refractivity contribution in [3.63, 3.8) is 0 Å². The zero-order valence-electron chi connectivity index (χ0n) is 7.58. The van der Waals surface area contributed by atoms with Crippen molar-refractivity contribution in [2.45, 2.75) is 6.92 Å². The zero-order chi connectivity index (χ0) is 10.7. The van der Waals surface area contributed by atoms with E-state index < -0.39 is 5.91 Å². The maximum atomic E-state index is 10.2. The third-order valence-corrected chi connectivity index (χ3v) is 0.704. The summed E-state index contributed by atoms with van der Waals surface area (Å²) in [6.45, 7) is 8.56. The number of carbonyl (C=O) groups is 2. The van der Waals surface area contributed by atoms with E-state index >= 15 is 0 Å². The molecule has 0 aromatic heterocycles. The van der Waals surface area contributed by atoms with Crippen LogP contribution in [0.3, 0.4) is 0 Å². The van der Waals surface area contributed by atoms with Crippen molar-refractivity contribution in [2.24, 2.45) is 5.73 Å². The number of hydroxylamine groups is 1. The summed E-state index contributed by atoms with van der Waals surface area (Å²) in [5.74, 6) is -0.795. The topological polar surface area (TPSA) is 81.4 Å². The van der Waals surface area contributed by atoms with E-state index in [0.717, 1.165) is 12.2 Å². The fourth-order valence-electron chi connectivity index (χ4n) is 0.185. The Balaban J connectivity index is 0. The Morgan fingerprint density at radius 3 is 2.15 bits per heavy atom. The van der Waals surface area contributed by atoms with Gasteiger partial charge < -0.3 is 5.73 Å². The highest BCUT2D eigenvalue weighted by Crippen LogP contribution is 1.66. The Hall–Kier alpha value is -1.62. The standard InChI is InChI=1S/C5H9NO2.C3H5NO/c1-3-5(7)6-8-4-2;1-2-3(4)5/h3H,1,4H2,2H3,(H,6,7);2H,1H2,(H2,4,5). The van der Waals surface area contributed by atoms with Gasteiger partial charge in [0.05, 0.1) is 6.61 Å². The van der Waals surface area contributed by atoms with Crippen LogP contribution in [0.5, 0.6) is 0 Å². The lowest BCUT2D eigenvalue weighted by atomic mass is 10.6. The first kappa shape index (κ1) is 13.9. The van der Waals surface area contributed by atoms with Crippen molar-refractivity contribution in [2.75, 3.05) is 6.61 Å². The van der Waals surface area contributed by atoms with Crippen LogP contribution in [-0.2, 0) is 14.4 Å². The molecule has 3 N–H and O–H groups in total. The van der Waals surface area contributed by atoms with Crippen LogP contribution in [0.4, 0.5) is 0 Å². The molecule has 0 aliphatic heterocycles. The average Bonchev–Trinajstić information content (AvgIpc) is 2.15. The van der Waals surface area contributed by atoms with Gasteiger partial charge in [0, 0.05) is 0 Å². The summed E-state index contributed by atoms with van der Waals surface area (Å²) in [6, 6.07) is 0. The van der Waals surface area contributed by atoms with E-state index in [4.69, 9.17) is 0 Å². The minimum absolute atomic E-state index is 0.313. The smallest absolute Gasteiger partial charge is 0.266 e. The highest BCUT2D eigenvalue weighted by Gasteiger charge is 1.87. The molecule has 0 unspecified atom stereocenters. The summed E-state index contributed by atoms with van der Waals surface area (Å²) in [6.07, 6.45) is 2.20. The fraction of sp³-hybridized carbons (Fsp3) is 0.250. The molecule has 0 aliphatic rings. The predicted molar refractivity (Wildman–Crippen MR) is 49.4 cm³/mol. The second-order valence-corrected chi connectivity index (χ2v) is 1.71. The lowest BCUT2D eigenvalue weighted by Crippen LogP contribution is -2.20. The van der Waals surface area contributed by atoms with E-state index in [1.807, 2.05) is 0 Å². The molecule has 13 heavy (non-hydrogen) atoms. The molecule has 0 rings (SSSR count). The van der Waals surface area contributed by atoms with Gasteiger partial charge in [-0.1, -0.05) is 13.2 Å². The van der Waals surface area contributed by atoms with E-state index in [0.29, 0.717) is 6.61 Å². The summed E-state index contributed by atoms with van der Waals surface area (Å²) in [5.41, 5.74) is 6.66. The first-order chi connectivity index (χ1) is 6.08. The van der Waals surface area contributed by atoms with Crippen LogP contribution in [-0.4, -0.2) is 18.4 Å². The van der Waals surface area contributed by atoms with Crippen molar-refractivity contribution in [3.05, 3.63) is 25.3 Å². The number of carbonyl (C=O) groups excluding carboxylic acids is 2. The molecule has 0 saturated carbocycles. The Kier molecular flexibility index (Phi) is 11.1. The van der Waals surface area contributed by atoms with Crippen LogP contribution < -0.4 is 11.2 Å². The molecule has 0 fully saturated rings. The van der Waals surface area contributed by atoms with E-state index in [1.54, 1.807) is 6.92 Å². The quantitative estimate of drug-likeness (QED) is 0.475. The van der Waals surface area contributed by atoms with Gasteiger partial charge in [-0.15, -0.1) is 0 Å². The van der Waals surface area contributed by atoms with Gasteiger partial charge >= 0.3 is 0 Å². The van der Waals surface area contributed by atoms with Crippen LogP contribution in [0.1, 0.15) is 6.92 Å². The van der Waals surface area contributed by atoms with Crippen LogP contribution in [0.25, 0.3) is 0 Å². The highest BCUT2D eigenvalue weighted by molar-refractivity contribution is 5.85. The summed E-state index contributed by atoms with van der Waals surface area (Å²) in [4.78, 5) is 24.2. The number of nitrogens with one attached hydrogen (secondary N) is 1. The Morgan fingerprint density at radius 2 is 1.92 bits per heavy atom. The van der Waals surface area contributed by atoms with Gasteiger partial charge in [-0.25, -0.2) is 5.48 Å². The molecule has 0 bridgehead atoms. The van der Waals surface area contributed by atoms with Crippen LogP contribution in [0.15, 0.2) is 25.3 Å². The van der Waals surface area contributed by atoms with Crippen molar-refractivity contribution >= 4 is 11.8 Å². The maximum absolute atomic E-state index is 10.2. The summed E-state index contributed by atoms with van der Waals surface area (Å²) >= 11 is 0. The molecule has 0 spiro atoms. The van der Waals surface area contributed by atoms with E-state index in [9.17, 15) is 9.59 Å². The molecule has 0 aliphatic carbocycles. The normalized spacial score (nSPS) is 7.46. The van der Waals surface area contributed by atoms with Gasteiger partial charge in [0.25, 0.3) is 5.91 Å². The molecule has 0 aromatic rings. The van der Waals surface area contributed by atoms with Gasteiger partial charge in [-0.2, -0.15) is 0 Å². The van der Waals surface area contributed by atoms with Crippen molar-refractivity contribution in [1.82, 2.24) is 5.48 Å². The summed E-state index contributed by atoms with van der Waals surface area (Å²) in [7, 11) is 0. The maximum Gasteiger partial charge on any atom is 0.266 e. The minimum Gasteiger partial charge on any atom is -0.366 e. The Labute approximate surface area is 77.2 Å². The second-order valence-electron chi connectivity index (χ2n) is 1.71. The fourth-order valence-corrected chi connectivity index (χ4v) is 0.185. The lowest BCUT2D eigenvalue weighted by molar-refractivity contribution is -0.128. The van der Waals surface area contributed by atoms with Crippen LogP contribution in [0.2, 0.25) is 0 Å². The lowest BCUT2D eigenvalue weighted by Gasteiger charge is -1.96. The molecule has 74 valence electrons. The van der Waals surface area contributed by atoms with Crippen molar-refractivity contribution in [3.8, 4) is 0 Å². The monoisotopic (exact) mass is 186 g/mol. The molecule has 0 atom stereocenters. The van der Waals surface area contributed by atoms with Crippen molar-refractivity contribution < 1.29 is 14.4 Å². The third-order valence-electron chi connectivity index (χ3n) is 0.704. The number of amides is 2. The number of nitrogens with two attached hydrogens (primary N) is 1. The largest absolute Gasteiger partial charge is 0.366 e. The second kappa shape index (κ2) is 10.4. The molecule has 5 heteroatoms. The van der Waals surface area contributed by atoms with Gasteiger partial charge in [-0.05, 0) is 19.1 Å². The number of rotatable bonds is 4.